The van der Waals surface area contributed by atoms with Gasteiger partial charge in [0, 0.05) is 49.4 Å². The molecule has 4 aliphatic rings. The highest BCUT2D eigenvalue weighted by molar-refractivity contribution is 5.95. The van der Waals surface area contributed by atoms with Crippen molar-refractivity contribution in [2.75, 3.05) is 26.2 Å². The van der Waals surface area contributed by atoms with E-state index in [1.54, 1.807) is 5.57 Å². The van der Waals surface area contributed by atoms with Gasteiger partial charge in [0.2, 0.25) is 0 Å². The first-order chi connectivity index (χ1) is 17.2. The van der Waals surface area contributed by atoms with E-state index in [9.17, 15) is 4.79 Å². The maximum atomic E-state index is 12.7. The summed E-state index contributed by atoms with van der Waals surface area (Å²) in [5, 5.41) is 0. The van der Waals surface area contributed by atoms with Crippen molar-refractivity contribution in [3.05, 3.63) is 70.4 Å². The van der Waals surface area contributed by atoms with E-state index in [4.69, 9.17) is 10.7 Å². The van der Waals surface area contributed by atoms with Crippen LogP contribution in [-0.4, -0.2) is 47.7 Å². The number of likely N-dealkylation sites (tertiary alicyclic amines) is 2. The van der Waals surface area contributed by atoms with Gasteiger partial charge in [-0.3, -0.25) is 4.79 Å². The standard InChI is InChI=1S/C30H34N4O/c31-28-20-26(29(22-6-5-7-22)33-14-1-2-15-33)18-25-13-12-24(19-27(25)32-28)21-8-10-23(11-9-21)30(35)34-16-3-4-17-34/h8-13,18-19H,1-7,14-17,20H2,(H2,31,32). The fourth-order valence-electron chi connectivity index (χ4n) is 5.82. The number of nitrogens with zero attached hydrogens (tertiary/aromatic N) is 3. The highest BCUT2D eigenvalue weighted by atomic mass is 16.2. The molecular weight excluding hydrogens is 432 g/mol. The fraction of sp³-hybridized carbons (Fsp3) is 0.400. The van der Waals surface area contributed by atoms with Gasteiger partial charge in [-0.05, 0) is 91.5 Å². The van der Waals surface area contributed by atoms with E-state index in [-0.39, 0.29) is 5.91 Å². The summed E-state index contributed by atoms with van der Waals surface area (Å²) in [6.07, 6.45) is 11.5. The number of hydrogen-bond acceptors (Lipinski definition) is 4. The molecule has 3 heterocycles. The number of carbonyl (C=O) groups is 1. The monoisotopic (exact) mass is 466 g/mol. The average Bonchev–Trinajstić information content (AvgIpc) is 3.54. The first-order valence-corrected chi connectivity index (χ1v) is 13.2. The van der Waals surface area contributed by atoms with Crippen LogP contribution in [0.5, 0.6) is 0 Å². The molecule has 6 rings (SSSR count). The Morgan fingerprint density at radius 1 is 0.800 bits per heavy atom. The van der Waals surface area contributed by atoms with E-state index in [2.05, 4.69) is 29.2 Å². The minimum atomic E-state index is 0.139. The molecule has 1 saturated carbocycles. The van der Waals surface area contributed by atoms with Crippen molar-refractivity contribution in [3.8, 4) is 11.1 Å². The third-order valence-corrected chi connectivity index (χ3v) is 7.87. The van der Waals surface area contributed by atoms with Gasteiger partial charge in [-0.1, -0.05) is 24.3 Å². The quantitative estimate of drug-likeness (QED) is 0.610. The van der Waals surface area contributed by atoms with E-state index >= 15 is 0 Å². The molecule has 35 heavy (non-hydrogen) atoms. The SMILES string of the molecule is NC1=Nc2cc(-c3ccc(C(=O)N4CCCC4)cc3)ccc2C=C(C(=C2CCC2)N2CCCC2)C1. The second kappa shape index (κ2) is 9.37. The number of amides is 1. The molecule has 0 aromatic heterocycles. The number of hydrogen-bond donors (Lipinski definition) is 1. The van der Waals surface area contributed by atoms with Crippen molar-refractivity contribution in [2.45, 2.75) is 51.4 Å². The predicted molar refractivity (Wildman–Crippen MR) is 143 cm³/mol. The summed E-state index contributed by atoms with van der Waals surface area (Å²) in [6.45, 7) is 4.04. The van der Waals surface area contributed by atoms with Gasteiger partial charge in [-0.2, -0.15) is 0 Å². The zero-order valence-corrected chi connectivity index (χ0v) is 20.4. The second-order valence-electron chi connectivity index (χ2n) is 10.3. The largest absolute Gasteiger partial charge is 0.387 e. The number of nitrogens with two attached hydrogens (primary N) is 1. The van der Waals surface area contributed by atoms with Crippen molar-refractivity contribution in [3.63, 3.8) is 0 Å². The van der Waals surface area contributed by atoms with Gasteiger partial charge >= 0.3 is 0 Å². The van der Waals surface area contributed by atoms with Gasteiger partial charge in [0.05, 0.1) is 5.69 Å². The van der Waals surface area contributed by atoms with Gasteiger partial charge in [0.15, 0.2) is 0 Å². The summed E-state index contributed by atoms with van der Waals surface area (Å²) >= 11 is 0. The Balaban J connectivity index is 1.30. The van der Waals surface area contributed by atoms with Crippen molar-refractivity contribution in [2.24, 2.45) is 10.7 Å². The summed E-state index contributed by atoms with van der Waals surface area (Å²) in [6, 6.07) is 14.4. The second-order valence-corrected chi connectivity index (χ2v) is 10.3. The Labute approximate surface area is 208 Å². The minimum Gasteiger partial charge on any atom is -0.387 e. The summed E-state index contributed by atoms with van der Waals surface area (Å²) in [7, 11) is 0. The van der Waals surface area contributed by atoms with Crippen LogP contribution in [0.4, 0.5) is 5.69 Å². The van der Waals surface area contributed by atoms with Gasteiger partial charge in [0.1, 0.15) is 5.84 Å². The number of aliphatic imine (C=N–C) groups is 1. The molecule has 0 atom stereocenters. The summed E-state index contributed by atoms with van der Waals surface area (Å²) in [5.41, 5.74) is 15.8. The van der Waals surface area contributed by atoms with Crippen molar-refractivity contribution >= 4 is 23.5 Å². The van der Waals surface area contributed by atoms with Crippen molar-refractivity contribution in [1.29, 1.82) is 0 Å². The van der Waals surface area contributed by atoms with Crippen LogP contribution in [0.2, 0.25) is 0 Å². The molecule has 0 spiro atoms. The number of benzene rings is 2. The molecule has 5 nitrogen and oxygen atoms in total. The molecule has 2 aromatic carbocycles. The third-order valence-electron chi connectivity index (χ3n) is 7.87. The minimum absolute atomic E-state index is 0.139. The van der Waals surface area contributed by atoms with Crippen LogP contribution < -0.4 is 5.73 Å². The van der Waals surface area contributed by atoms with E-state index in [1.807, 2.05) is 29.2 Å². The number of carbonyl (C=O) groups excluding carboxylic acids is 1. The molecule has 5 heteroatoms. The van der Waals surface area contributed by atoms with E-state index in [0.717, 1.165) is 67.0 Å². The third kappa shape index (κ3) is 4.40. The Morgan fingerprint density at radius 2 is 1.46 bits per heavy atom. The molecule has 2 N–H and O–H groups in total. The maximum absolute atomic E-state index is 12.7. The topological polar surface area (TPSA) is 61.9 Å². The van der Waals surface area contributed by atoms with Crippen LogP contribution in [0.1, 0.15) is 67.3 Å². The number of rotatable bonds is 4. The number of allylic oxidation sites excluding steroid dienone is 2. The first-order valence-electron chi connectivity index (χ1n) is 13.2. The van der Waals surface area contributed by atoms with Crippen LogP contribution in [-0.2, 0) is 0 Å². The normalized spacial score (nSPS) is 19.6. The van der Waals surface area contributed by atoms with Gasteiger partial charge in [-0.25, -0.2) is 4.99 Å². The zero-order valence-electron chi connectivity index (χ0n) is 20.4. The molecule has 0 bridgehead atoms. The Bertz CT molecular complexity index is 1220. The molecule has 180 valence electrons. The highest BCUT2D eigenvalue weighted by Crippen LogP contribution is 2.39. The zero-order chi connectivity index (χ0) is 23.8. The van der Waals surface area contributed by atoms with Crippen LogP contribution in [0, 0.1) is 0 Å². The molecule has 0 unspecified atom stereocenters. The van der Waals surface area contributed by atoms with Crippen LogP contribution >= 0.6 is 0 Å². The lowest BCUT2D eigenvalue weighted by Crippen LogP contribution is -2.27. The maximum Gasteiger partial charge on any atom is 0.253 e. The molecule has 1 amide bonds. The number of fused-ring (bicyclic) bond motifs is 1. The molecule has 2 saturated heterocycles. The summed E-state index contributed by atoms with van der Waals surface area (Å²) in [5.74, 6) is 0.815. The molecule has 3 fully saturated rings. The van der Waals surface area contributed by atoms with Crippen LogP contribution in [0.25, 0.3) is 17.2 Å². The van der Waals surface area contributed by atoms with Crippen LogP contribution in [0.3, 0.4) is 0 Å². The Morgan fingerprint density at radius 3 is 2.11 bits per heavy atom. The lowest BCUT2D eigenvalue weighted by molar-refractivity contribution is 0.0793. The van der Waals surface area contributed by atoms with E-state index in [0.29, 0.717) is 12.3 Å². The first kappa shape index (κ1) is 22.1. The van der Waals surface area contributed by atoms with Gasteiger partial charge in [-0.15, -0.1) is 0 Å². The Kier molecular flexibility index (Phi) is 5.93. The van der Waals surface area contributed by atoms with Crippen molar-refractivity contribution in [1.82, 2.24) is 9.80 Å². The average molecular weight is 467 g/mol. The molecule has 1 aliphatic carbocycles. The highest BCUT2D eigenvalue weighted by Gasteiger charge is 2.26. The smallest absolute Gasteiger partial charge is 0.253 e. The van der Waals surface area contributed by atoms with Crippen LogP contribution in [0.15, 0.2) is 64.3 Å². The number of amidine groups is 1. The van der Waals surface area contributed by atoms with Gasteiger partial charge < -0.3 is 15.5 Å². The Hall–Kier alpha value is -3.34. The van der Waals surface area contributed by atoms with E-state index < -0.39 is 0 Å². The summed E-state index contributed by atoms with van der Waals surface area (Å²) in [4.78, 5) is 22.1. The lowest BCUT2D eigenvalue weighted by Gasteiger charge is -2.31. The van der Waals surface area contributed by atoms with E-state index in [1.165, 1.54) is 43.4 Å². The molecule has 3 aliphatic heterocycles. The lowest BCUT2D eigenvalue weighted by atomic mass is 9.86. The molecule has 2 aromatic rings. The summed E-state index contributed by atoms with van der Waals surface area (Å²) < 4.78 is 0. The fourth-order valence-corrected chi connectivity index (χ4v) is 5.82. The molecular formula is C30H34N4O. The molecule has 0 radical (unpaired) electrons. The predicted octanol–water partition coefficient (Wildman–Crippen LogP) is 5.90. The van der Waals surface area contributed by atoms with Gasteiger partial charge in [0.25, 0.3) is 5.91 Å². The van der Waals surface area contributed by atoms with Crippen molar-refractivity contribution < 1.29 is 4.79 Å².